The van der Waals surface area contributed by atoms with Gasteiger partial charge in [-0.05, 0) is 18.4 Å². The molecule has 0 saturated heterocycles. The molecule has 1 atom stereocenters. The maximum Gasteiger partial charge on any atom is 0.328 e. The van der Waals surface area contributed by atoms with Crippen LogP contribution in [0.5, 0.6) is 0 Å². The summed E-state index contributed by atoms with van der Waals surface area (Å²) in [6.45, 7) is 3.59. The van der Waals surface area contributed by atoms with Crippen LogP contribution in [0.15, 0.2) is 30.3 Å². The number of nitrogens with one attached hydrogen (secondary N) is 1. The van der Waals surface area contributed by atoms with Gasteiger partial charge in [0.1, 0.15) is 6.04 Å². The Morgan fingerprint density at radius 3 is 2.37 bits per heavy atom. The summed E-state index contributed by atoms with van der Waals surface area (Å²) >= 11 is 0. The first-order valence-electron chi connectivity index (χ1n) is 6.46. The van der Waals surface area contributed by atoms with E-state index in [4.69, 9.17) is 4.74 Å². The third kappa shape index (κ3) is 5.12. The number of aryl methyl sites for hydroxylation is 1. The van der Waals surface area contributed by atoms with Crippen LogP contribution in [-0.4, -0.2) is 25.0 Å². The summed E-state index contributed by atoms with van der Waals surface area (Å²) in [7, 11) is 1.33. The summed E-state index contributed by atoms with van der Waals surface area (Å²) in [4.78, 5) is 23.3. The topological polar surface area (TPSA) is 55.4 Å². The van der Waals surface area contributed by atoms with E-state index in [1.165, 1.54) is 7.11 Å². The molecule has 0 fully saturated rings. The fourth-order valence-electron chi connectivity index (χ4n) is 1.69. The molecule has 0 heterocycles. The zero-order valence-corrected chi connectivity index (χ0v) is 11.7. The SMILES string of the molecule is COC(=O)[C@@H](CCc1ccccc1)NC(=O)C(C)C. The highest BCUT2D eigenvalue weighted by molar-refractivity contribution is 5.85. The standard InChI is InChI=1S/C15H21NO3/c1-11(2)14(17)16-13(15(18)19-3)10-9-12-7-5-4-6-8-12/h4-8,11,13H,9-10H2,1-3H3,(H,16,17)/t13-/m1/s1. The Bertz CT molecular complexity index is 415. The first-order chi connectivity index (χ1) is 9.04. The van der Waals surface area contributed by atoms with E-state index in [1.54, 1.807) is 13.8 Å². The van der Waals surface area contributed by atoms with Gasteiger partial charge in [0, 0.05) is 5.92 Å². The van der Waals surface area contributed by atoms with Gasteiger partial charge in [-0.25, -0.2) is 4.79 Å². The van der Waals surface area contributed by atoms with E-state index in [9.17, 15) is 9.59 Å². The Kier molecular flexibility index (Phi) is 6.06. The molecule has 0 unspecified atom stereocenters. The van der Waals surface area contributed by atoms with Gasteiger partial charge in [0.05, 0.1) is 7.11 Å². The van der Waals surface area contributed by atoms with Crippen LogP contribution in [0, 0.1) is 5.92 Å². The smallest absolute Gasteiger partial charge is 0.328 e. The summed E-state index contributed by atoms with van der Waals surface area (Å²) < 4.78 is 4.73. The van der Waals surface area contributed by atoms with Gasteiger partial charge in [-0.2, -0.15) is 0 Å². The van der Waals surface area contributed by atoms with Gasteiger partial charge in [0.15, 0.2) is 0 Å². The van der Waals surface area contributed by atoms with Crippen LogP contribution in [-0.2, 0) is 20.7 Å². The van der Waals surface area contributed by atoms with E-state index in [0.717, 1.165) is 12.0 Å². The third-order valence-electron chi connectivity index (χ3n) is 2.89. The predicted octanol–water partition coefficient (Wildman–Crippen LogP) is 1.93. The molecule has 0 spiro atoms. The molecule has 1 N–H and O–H groups in total. The summed E-state index contributed by atoms with van der Waals surface area (Å²) in [5.41, 5.74) is 1.13. The largest absolute Gasteiger partial charge is 0.467 e. The van der Waals surface area contributed by atoms with Crippen molar-refractivity contribution in [2.45, 2.75) is 32.7 Å². The molecule has 0 saturated carbocycles. The molecule has 0 aliphatic carbocycles. The number of benzene rings is 1. The predicted molar refractivity (Wildman–Crippen MR) is 73.5 cm³/mol. The summed E-state index contributed by atoms with van der Waals surface area (Å²) in [6, 6.07) is 9.27. The molecule has 0 radical (unpaired) electrons. The number of hydrogen-bond acceptors (Lipinski definition) is 3. The van der Waals surface area contributed by atoms with Crippen LogP contribution < -0.4 is 5.32 Å². The number of methoxy groups -OCH3 is 1. The number of ether oxygens (including phenoxy) is 1. The summed E-state index contributed by atoms with van der Waals surface area (Å²) in [5.74, 6) is -0.683. The van der Waals surface area contributed by atoms with Crippen molar-refractivity contribution in [1.82, 2.24) is 5.32 Å². The molecule has 0 bridgehead atoms. The van der Waals surface area contributed by atoms with Crippen LogP contribution in [0.2, 0.25) is 0 Å². The molecule has 0 aromatic heterocycles. The molecule has 4 heteroatoms. The lowest BCUT2D eigenvalue weighted by atomic mass is 10.0. The maximum absolute atomic E-state index is 11.7. The van der Waals surface area contributed by atoms with Crippen molar-refractivity contribution in [2.24, 2.45) is 5.92 Å². The van der Waals surface area contributed by atoms with Crippen molar-refractivity contribution < 1.29 is 14.3 Å². The summed E-state index contributed by atoms with van der Waals surface area (Å²) in [5, 5.41) is 2.72. The van der Waals surface area contributed by atoms with E-state index in [-0.39, 0.29) is 11.8 Å². The molecule has 1 amide bonds. The number of hydrogen-bond donors (Lipinski definition) is 1. The number of amides is 1. The minimum Gasteiger partial charge on any atom is -0.467 e. The molecule has 0 aliphatic heterocycles. The second kappa shape index (κ2) is 7.56. The van der Waals surface area contributed by atoms with Crippen LogP contribution in [0.3, 0.4) is 0 Å². The van der Waals surface area contributed by atoms with Gasteiger partial charge < -0.3 is 10.1 Å². The quantitative estimate of drug-likeness (QED) is 0.798. The maximum atomic E-state index is 11.7. The van der Waals surface area contributed by atoms with Crippen LogP contribution >= 0.6 is 0 Å². The third-order valence-corrected chi connectivity index (χ3v) is 2.89. The Morgan fingerprint density at radius 2 is 1.84 bits per heavy atom. The molecule has 0 aliphatic rings. The van der Waals surface area contributed by atoms with Gasteiger partial charge >= 0.3 is 5.97 Å². The molecule has 1 rings (SSSR count). The first-order valence-corrected chi connectivity index (χ1v) is 6.46. The van der Waals surface area contributed by atoms with Crippen LogP contribution in [0.4, 0.5) is 0 Å². The minimum absolute atomic E-state index is 0.136. The average molecular weight is 263 g/mol. The fourth-order valence-corrected chi connectivity index (χ4v) is 1.69. The van der Waals surface area contributed by atoms with Crippen molar-refractivity contribution in [2.75, 3.05) is 7.11 Å². The van der Waals surface area contributed by atoms with E-state index in [1.807, 2.05) is 30.3 Å². The fraction of sp³-hybridized carbons (Fsp3) is 0.467. The Balaban J connectivity index is 2.60. The van der Waals surface area contributed by atoms with Crippen molar-refractivity contribution in [3.63, 3.8) is 0 Å². The number of carbonyl (C=O) groups excluding carboxylic acids is 2. The summed E-state index contributed by atoms with van der Waals surface area (Å²) in [6.07, 6.45) is 1.26. The van der Waals surface area contributed by atoms with Gasteiger partial charge in [0.25, 0.3) is 0 Å². The second-order valence-corrected chi connectivity index (χ2v) is 4.76. The lowest BCUT2D eigenvalue weighted by molar-refractivity contribution is -0.145. The molecule has 1 aromatic carbocycles. The zero-order valence-electron chi connectivity index (χ0n) is 11.7. The van der Waals surface area contributed by atoms with Gasteiger partial charge in [-0.15, -0.1) is 0 Å². The van der Waals surface area contributed by atoms with E-state index in [0.29, 0.717) is 6.42 Å². The van der Waals surface area contributed by atoms with Gasteiger partial charge in [-0.1, -0.05) is 44.2 Å². The molecule has 19 heavy (non-hydrogen) atoms. The number of esters is 1. The number of rotatable bonds is 6. The van der Waals surface area contributed by atoms with E-state index in [2.05, 4.69) is 5.32 Å². The minimum atomic E-state index is -0.583. The Labute approximate surface area is 114 Å². The van der Waals surface area contributed by atoms with Gasteiger partial charge in [-0.3, -0.25) is 4.79 Å². The van der Waals surface area contributed by atoms with E-state index < -0.39 is 12.0 Å². The second-order valence-electron chi connectivity index (χ2n) is 4.76. The van der Waals surface area contributed by atoms with Crippen molar-refractivity contribution in [3.8, 4) is 0 Å². The van der Waals surface area contributed by atoms with Crippen molar-refractivity contribution in [1.29, 1.82) is 0 Å². The normalized spacial score (nSPS) is 12.0. The molecule has 104 valence electrons. The van der Waals surface area contributed by atoms with Crippen molar-refractivity contribution in [3.05, 3.63) is 35.9 Å². The number of carbonyl (C=O) groups is 2. The van der Waals surface area contributed by atoms with Crippen LogP contribution in [0.25, 0.3) is 0 Å². The first kappa shape index (κ1) is 15.2. The highest BCUT2D eigenvalue weighted by Gasteiger charge is 2.22. The van der Waals surface area contributed by atoms with Crippen molar-refractivity contribution >= 4 is 11.9 Å². The zero-order chi connectivity index (χ0) is 14.3. The Hall–Kier alpha value is -1.84. The lowest BCUT2D eigenvalue weighted by Crippen LogP contribution is -2.43. The Morgan fingerprint density at radius 1 is 1.21 bits per heavy atom. The van der Waals surface area contributed by atoms with E-state index >= 15 is 0 Å². The highest BCUT2D eigenvalue weighted by atomic mass is 16.5. The monoisotopic (exact) mass is 263 g/mol. The lowest BCUT2D eigenvalue weighted by Gasteiger charge is -2.17. The molecular weight excluding hydrogens is 242 g/mol. The molecular formula is C15H21NO3. The highest BCUT2D eigenvalue weighted by Crippen LogP contribution is 2.07. The van der Waals surface area contributed by atoms with Crippen LogP contribution in [0.1, 0.15) is 25.8 Å². The average Bonchev–Trinajstić information content (AvgIpc) is 2.43. The molecule has 1 aromatic rings. The molecule has 4 nitrogen and oxygen atoms in total. The van der Waals surface area contributed by atoms with Gasteiger partial charge in [0.2, 0.25) is 5.91 Å².